The van der Waals surface area contributed by atoms with Gasteiger partial charge in [-0.2, -0.15) is 118 Å². The van der Waals surface area contributed by atoms with Gasteiger partial charge in [-0.25, -0.2) is 58.6 Å². The molecule has 20 atom stereocenters. The molecule has 2 aromatic rings. The number of carbonyl (C=O) groups excluding carboxylic acids is 2. The molecule has 0 radical (unpaired) electrons. The first-order chi connectivity index (χ1) is 56.4. The average molecular weight is 2140 g/mol. The molecule has 6 rings (SSSR count). The molecule has 724 valence electrons. The van der Waals surface area contributed by atoms with Crippen LogP contribution in [0.2, 0.25) is 0 Å². The van der Waals surface area contributed by atoms with Crippen molar-refractivity contribution in [2.75, 3.05) is 37.1 Å². The maximum absolute atomic E-state index is 13.1. The third-order valence-electron chi connectivity index (χ3n) is 14.9. The fourth-order valence-electron chi connectivity index (χ4n) is 10.9. The Morgan fingerprint density at radius 1 is 0.264 bits per heavy atom. The van der Waals surface area contributed by atoms with Crippen molar-refractivity contribution >= 4 is 192 Å². The number of carbonyl (C=O) groups is 2. The van der Waals surface area contributed by atoms with Crippen LogP contribution >= 0.6 is 23.5 Å². The Labute approximate surface area is 713 Å². The molecular formula is C43H62N2O64S16. The molecule has 82 heteroatoms. The fourth-order valence-corrected chi connectivity index (χ4v) is 19.4. The zero-order valence-corrected chi connectivity index (χ0v) is 72.8. The number of ether oxygens (including phenoxy) is 6. The second-order valence-electron chi connectivity index (χ2n) is 24.0. The summed E-state index contributed by atoms with van der Waals surface area (Å²) in [4.78, 5) is 25.7. The maximum Gasteiger partial charge on any atom is 0.397 e. The monoisotopic (exact) mass is 2140 g/mol. The zero-order valence-electron chi connectivity index (χ0n) is 59.7. The summed E-state index contributed by atoms with van der Waals surface area (Å²) in [6.45, 7) is -7.55. The topological polar surface area (TPSA) is 1000 Å². The molecule has 0 unspecified atom stereocenters. The number of rotatable bonds is 48. The minimum Gasteiger partial charge on any atom is -0.356 e. The van der Waals surface area contributed by atoms with Gasteiger partial charge in [-0.3, -0.25) is 73.3 Å². The number of hydrogen-bond donors (Lipinski definition) is 16. The van der Waals surface area contributed by atoms with Crippen molar-refractivity contribution in [3.8, 4) is 0 Å². The van der Waals surface area contributed by atoms with Crippen molar-refractivity contribution in [1.29, 1.82) is 0 Å². The molecule has 2 amide bonds. The van der Waals surface area contributed by atoms with Crippen LogP contribution < -0.4 is 10.6 Å². The van der Waals surface area contributed by atoms with Gasteiger partial charge in [0, 0.05) is 34.0 Å². The molecule has 4 saturated heterocycles. The molecule has 0 aromatic heterocycles. The molecule has 66 nitrogen and oxygen atoms in total. The first kappa shape index (κ1) is 110. The van der Waals surface area contributed by atoms with E-state index in [2.05, 4.69) is 69.2 Å². The Kier molecular flexibility index (Phi) is 37.7. The summed E-state index contributed by atoms with van der Waals surface area (Å²) >= 11 is 0.286. The van der Waals surface area contributed by atoms with E-state index in [-0.39, 0.29) is 76.8 Å². The van der Waals surface area contributed by atoms with Crippen molar-refractivity contribution in [3.63, 3.8) is 0 Å². The largest absolute Gasteiger partial charge is 0.397 e. The number of unbranched alkanes of at least 4 members (excludes halogenated alkanes) is 2. The van der Waals surface area contributed by atoms with Gasteiger partial charge in [-0.1, -0.05) is 29.9 Å². The Hall–Kier alpha value is -3.98. The predicted molar refractivity (Wildman–Crippen MR) is 384 cm³/mol. The Balaban J connectivity index is 1.18. The molecule has 4 fully saturated rings. The zero-order chi connectivity index (χ0) is 95.0. The van der Waals surface area contributed by atoms with E-state index in [9.17, 15) is 191 Å². The molecule has 4 aliphatic rings. The Bertz CT molecular complexity index is 5480. The smallest absolute Gasteiger partial charge is 0.356 e. The number of thioether (sulfide) groups is 2. The maximum atomic E-state index is 13.1. The number of nitrogens with one attached hydrogen (secondary N) is 2. The van der Waals surface area contributed by atoms with Crippen LogP contribution in [0.15, 0.2) is 58.3 Å². The highest BCUT2D eigenvalue weighted by molar-refractivity contribution is 8.00. The van der Waals surface area contributed by atoms with Crippen LogP contribution in [0.3, 0.4) is 0 Å². The van der Waals surface area contributed by atoms with Gasteiger partial charge in [0.2, 0.25) is 11.8 Å². The lowest BCUT2D eigenvalue weighted by Crippen LogP contribution is -2.66. The van der Waals surface area contributed by atoms with E-state index in [1.54, 1.807) is 0 Å². The number of benzene rings is 2. The highest BCUT2D eigenvalue weighted by atomic mass is 32.3. The average Bonchev–Trinajstić information content (AvgIpc) is 0.758. The summed E-state index contributed by atoms with van der Waals surface area (Å²) in [6.07, 6.45) is -56.7. The Morgan fingerprint density at radius 2 is 0.472 bits per heavy atom. The summed E-state index contributed by atoms with van der Waals surface area (Å²) < 4.78 is 568. The van der Waals surface area contributed by atoms with E-state index in [1.807, 2.05) is 0 Å². The van der Waals surface area contributed by atoms with Crippen LogP contribution in [0, 0.1) is 0 Å². The van der Waals surface area contributed by atoms with Crippen molar-refractivity contribution in [3.05, 3.63) is 48.5 Å². The lowest BCUT2D eigenvalue weighted by atomic mass is 9.97. The minimum absolute atomic E-state index is 0.0192. The second-order valence-corrected chi connectivity index (χ2v) is 41.2. The van der Waals surface area contributed by atoms with Crippen LogP contribution in [0.4, 0.5) is 11.4 Å². The van der Waals surface area contributed by atoms with E-state index >= 15 is 0 Å². The number of amides is 2. The van der Waals surface area contributed by atoms with Crippen LogP contribution in [0.25, 0.3) is 0 Å². The first-order valence-corrected chi connectivity index (χ1v) is 52.4. The molecule has 0 spiro atoms. The number of hydrogen-bond acceptors (Lipinski definition) is 52. The highest BCUT2D eigenvalue weighted by Crippen LogP contribution is 2.44. The van der Waals surface area contributed by atoms with Crippen LogP contribution in [-0.4, -0.2) is 341 Å². The SMILES string of the molecule is O=C(CCCCCC(=O)Nc1ccc(S[C@@H]2O[C@H](COS(=O)(=O)O)[C@@H](O[C@H]3O[C@H](COS(=O)(=O)O)[C@@H](OS(=O)(=O)O)[C@H](OS(=O)(=O)O)[C@H]3OS(=O)(=O)O)[C@H](OS(=O)(=O)O)[C@H]2OS(=O)(=O)O)cc1)Nc1ccc(S[C@@H]2O[C@H](COS(=O)(=O)O)[C@@H](O[C@H]3O[C@H](COS(=O)(=O)O)[C@@H](OS(=O)(=O)O)[C@H](OS(=O)(=O)O)[C@H]3OS(=O)(=O)O)[C@H](OS(=O)(=O)O)[C@H]2OS(=O)(=O)O)cc1. The van der Waals surface area contributed by atoms with Gasteiger partial charge >= 0.3 is 146 Å². The standard InChI is InChI=1S/C43H62N2O64S16/c46-26(44-18-6-10-20(11-7-18)110-42-38(108-124(84,85)86)32(102-118(66,67)68)28(22(96-42)14-90-112(48,49)50)98-40-36(106-122(78,79)80)34(104-120(72,73)74)30(100-116(60,61)62)24(94-40)16-92-114(54,55)56)4-2-1-3-5-27(47)45-19-8-12-21(13-9-19)111-43-39(109-125(87,88)89)33(103-119(69,70)71)29(23(97-43)15-91-113(51,52)53)99-41-37(107-123(81,82)83)35(105-121(75,76)77)31(101-117(63,64)65)25(95-41)17-93-115(57,58)59/h6-13,22-25,28-43H,1-5,14-17H2,(H,44,46)(H,45,47)(H,48,49,50)(H,51,52,53)(H,54,55,56)(H,57,58,59)(H,60,61,62)(H,63,64,65)(H,66,67,68)(H,69,70,71)(H,72,73,74)(H,75,76,77)(H,78,79,80)(H,81,82,83)(H,84,85,86)(H,87,88,89)/t22-,23-,24-,25-,28-,29-,30-,31-,32+,33+,34+,35+,36-,37-,38-,39-,40-,41-,42+,43+/m1/s1. The van der Waals surface area contributed by atoms with E-state index in [4.69, 9.17) is 28.4 Å². The summed E-state index contributed by atoms with van der Waals surface area (Å²) in [5, 5.41) is 4.88. The van der Waals surface area contributed by atoms with Crippen LogP contribution in [0.5, 0.6) is 0 Å². The van der Waals surface area contributed by atoms with Crippen molar-refractivity contribution < 1.29 is 278 Å². The minimum atomic E-state index is -6.28. The number of anilines is 2. The van der Waals surface area contributed by atoms with Gasteiger partial charge in [-0.15, -0.1) is 0 Å². The summed E-state index contributed by atoms with van der Waals surface area (Å²) in [5.41, 5.74) is -4.96. The Morgan fingerprint density at radius 3 is 0.704 bits per heavy atom. The van der Waals surface area contributed by atoms with Gasteiger partial charge in [0.05, 0.1) is 26.4 Å². The molecule has 125 heavy (non-hydrogen) atoms. The third-order valence-corrected chi connectivity index (χ3v) is 23.6. The van der Waals surface area contributed by atoms with Crippen LogP contribution in [0.1, 0.15) is 32.1 Å². The van der Waals surface area contributed by atoms with Crippen LogP contribution in [-0.2, 0) is 242 Å². The lowest BCUT2D eigenvalue weighted by Gasteiger charge is -2.48. The molecule has 0 aliphatic carbocycles. The lowest BCUT2D eigenvalue weighted by molar-refractivity contribution is -0.325. The molecule has 2 aromatic carbocycles. The van der Waals surface area contributed by atoms with Crippen molar-refractivity contribution in [2.24, 2.45) is 0 Å². The van der Waals surface area contributed by atoms with E-state index < -0.39 is 305 Å². The molecule has 0 bridgehead atoms. The first-order valence-electron chi connectivity index (χ1n) is 31.5. The second kappa shape index (κ2) is 42.9. The quantitative estimate of drug-likeness (QED) is 0.0216. The van der Waals surface area contributed by atoms with E-state index in [0.29, 0.717) is 0 Å². The molecule has 4 heterocycles. The highest BCUT2D eigenvalue weighted by Gasteiger charge is 2.62. The van der Waals surface area contributed by atoms with Gasteiger partial charge in [0.25, 0.3) is 0 Å². The van der Waals surface area contributed by atoms with E-state index in [1.165, 1.54) is 0 Å². The summed E-state index contributed by atoms with van der Waals surface area (Å²) in [6, 6.07) is 8.49. The molecule has 0 saturated carbocycles. The van der Waals surface area contributed by atoms with E-state index in [0.717, 1.165) is 48.5 Å². The van der Waals surface area contributed by atoms with Gasteiger partial charge < -0.3 is 39.1 Å². The fraction of sp³-hybridized carbons (Fsp3) is 0.674. The predicted octanol–water partition coefficient (Wildman–Crippen LogP) is -6.77. The molecular weight excluding hydrogens is 2080 g/mol. The third kappa shape index (κ3) is 41.0. The van der Waals surface area contributed by atoms with Gasteiger partial charge in [0.1, 0.15) is 96.3 Å². The van der Waals surface area contributed by atoms with Gasteiger partial charge in [0.15, 0.2) is 24.8 Å². The normalized spacial score (nSPS) is 28.3. The summed E-state index contributed by atoms with van der Waals surface area (Å²) in [7, 11) is -85.1. The molecule has 16 N–H and O–H groups in total. The molecule has 4 aliphatic heterocycles. The summed E-state index contributed by atoms with van der Waals surface area (Å²) in [5.74, 6) is -1.49. The van der Waals surface area contributed by atoms with Crippen molar-refractivity contribution in [1.82, 2.24) is 0 Å². The van der Waals surface area contributed by atoms with Crippen molar-refractivity contribution in [2.45, 2.75) is 163 Å². The van der Waals surface area contributed by atoms with Gasteiger partial charge in [-0.05, 0) is 61.4 Å².